The molecule has 1 aromatic carbocycles. The summed E-state index contributed by atoms with van der Waals surface area (Å²) in [5.74, 6) is 2.21. The molecule has 0 amide bonds. The van der Waals surface area contributed by atoms with E-state index in [-0.39, 0.29) is 0 Å². The summed E-state index contributed by atoms with van der Waals surface area (Å²) in [5.41, 5.74) is 4.97. The van der Waals surface area contributed by atoms with Gasteiger partial charge in [0.2, 0.25) is 0 Å². The van der Waals surface area contributed by atoms with Crippen molar-refractivity contribution < 1.29 is 4.74 Å². The van der Waals surface area contributed by atoms with Crippen LogP contribution in [0, 0.1) is 18.8 Å². The molecule has 0 aliphatic heterocycles. The molecule has 2 aliphatic carbocycles. The topological polar surface area (TPSA) is 45.6 Å². The normalized spacial score (nSPS) is 25.6. The van der Waals surface area contributed by atoms with Gasteiger partial charge in [0, 0.05) is 6.04 Å². The molecule has 0 aromatic heterocycles. The zero-order valence-corrected chi connectivity index (χ0v) is 13.7. The molecule has 2 aliphatic rings. The summed E-state index contributed by atoms with van der Waals surface area (Å²) >= 11 is 5.31. The molecular formula is C17H21N3OS. The fraction of sp³-hybridized carbons (Fsp3) is 0.412. The van der Waals surface area contributed by atoms with Crippen LogP contribution in [0.25, 0.3) is 0 Å². The number of hydrazone groups is 1. The maximum atomic E-state index is 5.31. The van der Waals surface area contributed by atoms with Gasteiger partial charge in [0.25, 0.3) is 0 Å². The third-order valence-electron chi connectivity index (χ3n) is 4.41. The van der Waals surface area contributed by atoms with Gasteiger partial charge in [0.1, 0.15) is 5.75 Å². The molecule has 0 radical (unpaired) electrons. The maximum Gasteiger partial charge on any atom is 0.187 e. The molecule has 116 valence electrons. The van der Waals surface area contributed by atoms with Crippen LogP contribution in [0.3, 0.4) is 0 Å². The Balaban J connectivity index is 1.51. The first-order chi connectivity index (χ1) is 10.7. The summed E-state index contributed by atoms with van der Waals surface area (Å²) in [6.45, 7) is 2.01. The summed E-state index contributed by atoms with van der Waals surface area (Å²) in [7, 11) is 1.67. The lowest BCUT2D eigenvalue weighted by Crippen LogP contribution is -2.42. The summed E-state index contributed by atoms with van der Waals surface area (Å²) in [6.07, 6.45) is 8.80. The van der Waals surface area contributed by atoms with E-state index in [0.717, 1.165) is 22.8 Å². The van der Waals surface area contributed by atoms with E-state index in [1.54, 1.807) is 13.3 Å². The van der Waals surface area contributed by atoms with E-state index in [1.807, 2.05) is 25.1 Å². The number of hydrogen-bond acceptors (Lipinski definition) is 3. The van der Waals surface area contributed by atoms with Crippen molar-refractivity contribution in [2.45, 2.75) is 25.8 Å². The Kier molecular flexibility index (Phi) is 4.43. The molecule has 5 heteroatoms. The van der Waals surface area contributed by atoms with Gasteiger partial charge in [-0.2, -0.15) is 5.10 Å². The molecule has 22 heavy (non-hydrogen) atoms. The van der Waals surface area contributed by atoms with Crippen LogP contribution in [0.1, 0.15) is 24.0 Å². The second-order valence-corrected chi connectivity index (χ2v) is 6.37. The molecule has 1 fully saturated rings. The maximum absolute atomic E-state index is 5.31. The monoisotopic (exact) mass is 315 g/mol. The molecule has 3 atom stereocenters. The number of thiocarbonyl (C=S) groups is 1. The van der Waals surface area contributed by atoms with Crippen molar-refractivity contribution in [3.63, 3.8) is 0 Å². The van der Waals surface area contributed by atoms with Gasteiger partial charge < -0.3 is 10.1 Å². The van der Waals surface area contributed by atoms with Crippen molar-refractivity contribution in [1.29, 1.82) is 0 Å². The number of methoxy groups -OCH3 is 1. The van der Waals surface area contributed by atoms with Crippen LogP contribution in [-0.2, 0) is 0 Å². The zero-order valence-electron chi connectivity index (χ0n) is 12.9. The highest BCUT2D eigenvalue weighted by molar-refractivity contribution is 7.80. The minimum absolute atomic E-state index is 0.449. The standard InChI is InChI=1S/C17H21N3OS/c1-11-3-4-13(9-16(11)21-2)10-18-20-17(22)19-15-8-12-5-6-14(15)7-12/h3-6,9-10,12,14-15H,7-8H2,1-2H3,(H2,19,20,22)/b18-10+. The van der Waals surface area contributed by atoms with Gasteiger partial charge >= 0.3 is 0 Å². The summed E-state index contributed by atoms with van der Waals surface area (Å²) in [4.78, 5) is 0. The SMILES string of the molecule is COc1cc(/C=N/NC(=S)NC2CC3C=CC2C3)ccc1C. The number of benzene rings is 1. The van der Waals surface area contributed by atoms with Crippen molar-refractivity contribution in [3.8, 4) is 5.75 Å². The van der Waals surface area contributed by atoms with Gasteiger partial charge in [0.15, 0.2) is 5.11 Å². The number of aryl methyl sites for hydroxylation is 1. The van der Waals surface area contributed by atoms with Crippen LogP contribution in [0.2, 0.25) is 0 Å². The van der Waals surface area contributed by atoms with Crippen molar-refractivity contribution in [2.75, 3.05) is 7.11 Å². The third kappa shape index (κ3) is 3.30. The summed E-state index contributed by atoms with van der Waals surface area (Å²) in [6, 6.07) is 6.42. The molecular weight excluding hydrogens is 294 g/mol. The van der Waals surface area contributed by atoms with Gasteiger partial charge in [-0.05, 0) is 61.0 Å². The lowest BCUT2D eigenvalue weighted by molar-refractivity contribution is 0.411. The highest BCUT2D eigenvalue weighted by Crippen LogP contribution is 2.38. The molecule has 0 saturated heterocycles. The van der Waals surface area contributed by atoms with Crippen LogP contribution in [-0.4, -0.2) is 24.5 Å². The highest BCUT2D eigenvalue weighted by Gasteiger charge is 2.35. The zero-order chi connectivity index (χ0) is 15.5. The Bertz CT molecular complexity index is 626. The van der Waals surface area contributed by atoms with Crippen LogP contribution < -0.4 is 15.5 Å². The van der Waals surface area contributed by atoms with Crippen molar-refractivity contribution in [2.24, 2.45) is 16.9 Å². The van der Waals surface area contributed by atoms with E-state index in [4.69, 9.17) is 17.0 Å². The Labute approximate surface area is 136 Å². The first kappa shape index (κ1) is 15.0. The second-order valence-electron chi connectivity index (χ2n) is 5.96. The second kappa shape index (κ2) is 6.48. The Morgan fingerprint density at radius 2 is 2.23 bits per heavy atom. The lowest BCUT2D eigenvalue weighted by Gasteiger charge is -2.20. The van der Waals surface area contributed by atoms with Crippen LogP contribution in [0.15, 0.2) is 35.5 Å². The summed E-state index contributed by atoms with van der Waals surface area (Å²) < 4.78 is 5.30. The molecule has 4 nitrogen and oxygen atoms in total. The molecule has 3 unspecified atom stereocenters. The predicted octanol–water partition coefficient (Wildman–Crippen LogP) is 2.77. The molecule has 0 spiro atoms. The average Bonchev–Trinajstić information content (AvgIpc) is 3.11. The molecule has 2 bridgehead atoms. The van der Waals surface area contributed by atoms with Gasteiger partial charge in [-0.25, -0.2) is 0 Å². The Morgan fingerprint density at radius 1 is 1.36 bits per heavy atom. The van der Waals surface area contributed by atoms with Crippen molar-refractivity contribution >= 4 is 23.5 Å². The summed E-state index contributed by atoms with van der Waals surface area (Å²) in [5, 5.41) is 8.14. The van der Waals surface area contributed by atoms with Crippen LogP contribution in [0.4, 0.5) is 0 Å². The Hall–Kier alpha value is -1.88. The number of nitrogens with zero attached hydrogens (tertiary/aromatic N) is 1. The number of ether oxygens (including phenoxy) is 1. The smallest absolute Gasteiger partial charge is 0.187 e. The first-order valence-electron chi connectivity index (χ1n) is 7.58. The van der Waals surface area contributed by atoms with Gasteiger partial charge in [0.05, 0.1) is 13.3 Å². The fourth-order valence-electron chi connectivity index (χ4n) is 3.23. The number of rotatable bonds is 4. The predicted molar refractivity (Wildman–Crippen MR) is 93.3 cm³/mol. The molecule has 1 aromatic rings. The fourth-order valence-corrected chi connectivity index (χ4v) is 3.43. The van der Waals surface area contributed by atoms with E-state index >= 15 is 0 Å². The third-order valence-corrected chi connectivity index (χ3v) is 4.62. The van der Waals surface area contributed by atoms with Gasteiger partial charge in [-0.15, -0.1) is 0 Å². The molecule has 3 rings (SSSR count). The van der Waals surface area contributed by atoms with Crippen molar-refractivity contribution in [1.82, 2.24) is 10.7 Å². The van der Waals surface area contributed by atoms with Gasteiger partial charge in [-0.3, -0.25) is 5.43 Å². The number of fused-ring (bicyclic) bond motifs is 2. The molecule has 1 saturated carbocycles. The van der Waals surface area contributed by atoms with E-state index in [9.17, 15) is 0 Å². The lowest BCUT2D eigenvalue weighted by atomic mass is 10.0. The van der Waals surface area contributed by atoms with E-state index in [2.05, 4.69) is 28.0 Å². The minimum Gasteiger partial charge on any atom is -0.496 e. The number of nitrogens with one attached hydrogen (secondary N) is 2. The largest absolute Gasteiger partial charge is 0.496 e. The van der Waals surface area contributed by atoms with Crippen molar-refractivity contribution in [3.05, 3.63) is 41.5 Å². The average molecular weight is 315 g/mol. The number of allylic oxidation sites excluding steroid dienone is 1. The van der Waals surface area contributed by atoms with Crippen LogP contribution in [0.5, 0.6) is 5.75 Å². The van der Waals surface area contributed by atoms with Crippen LogP contribution >= 0.6 is 12.2 Å². The van der Waals surface area contributed by atoms with Gasteiger partial charge in [-0.1, -0.05) is 24.3 Å². The molecule has 0 heterocycles. The van der Waals surface area contributed by atoms with E-state index < -0.39 is 0 Å². The molecule has 2 N–H and O–H groups in total. The highest BCUT2D eigenvalue weighted by atomic mass is 32.1. The first-order valence-corrected chi connectivity index (χ1v) is 7.99. The van der Waals surface area contributed by atoms with E-state index in [0.29, 0.717) is 17.1 Å². The number of hydrogen-bond donors (Lipinski definition) is 2. The van der Waals surface area contributed by atoms with E-state index in [1.165, 1.54) is 12.8 Å². The minimum atomic E-state index is 0.449. The quantitative estimate of drug-likeness (QED) is 0.388. The Morgan fingerprint density at radius 3 is 2.91 bits per heavy atom.